The summed E-state index contributed by atoms with van der Waals surface area (Å²) >= 11 is 9.97. The van der Waals surface area contributed by atoms with Gasteiger partial charge in [-0.1, -0.05) is 23.8 Å². The van der Waals surface area contributed by atoms with Gasteiger partial charge in [-0.25, -0.2) is 12.8 Å². The molecule has 0 saturated heterocycles. The van der Waals surface area contributed by atoms with Crippen molar-refractivity contribution in [2.45, 2.75) is 0 Å². The van der Waals surface area contributed by atoms with Gasteiger partial charge in [-0.2, -0.15) is 0 Å². The number of nitrogens with two attached hydrogens (primary N) is 1. The molecule has 3 N–H and O–H groups in total. The van der Waals surface area contributed by atoms with Crippen molar-refractivity contribution in [2.24, 2.45) is 5.73 Å². The Labute approximate surface area is 103 Å². The van der Waals surface area contributed by atoms with Crippen LogP contribution in [0.3, 0.4) is 0 Å². The Morgan fingerprint density at radius 2 is 2.19 bits per heavy atom. The molecule has 0 bridgehead atoms. The molecular weight excluding hydrogens is 275 g/mol. The molecule has 8 heteroatoms. The summed E-state index contributed by atoms with van der Waals surface area (Å²) in [7, 11) is -3.77. The van der Waals surface area contributed by atoms with E-state index in [1.807, 2.05) is 4.72 Å². The van der Waals surface area contributed by atoms with E-state index >= 15 is 0 Å². The first-order valence-electron chi connectivity index (χ1n) is 4.04. The summed E-state index contributed by atoms with van der Waals surface area (Å²) in [5.41, 5.74) is 4.90. The van der Waals surface area contributed by atoms with Crippen LogP contribution in [-0.2, 0) is 10.0 Å². The SMILES string of the molecule is NC(=S)CS(=O)(=O)Nc1ccc(Cl)cc1F. The lowest BCUT2D eigenvalue weighted by Gasteiger charge is -2.08. The Kier molecular flexibility index (Phi) is 4.06. The van der Waals surface area contributed by atoms with Crippen molar-refractivity contribution in [3.05, 3.63) is 29.0 Å². The molecule has 0 atom stereocenters. The van der Waals surface area contributed by atoms with Crippen LogP contribution >= 0.6 is 23.8 Å². The molecule has 0 heterocycles. The molecule has 0 unspecified atom stereocenters. The van der Waals surface area contributed by atoms with E-state index in [1.165, 1.54) is 12.1 Å². The van der Waals surface area contributed by atoms with Crippen LogP contribution in [0.5, 0.6) is 0 Å². The van der Waals surface area contributed by atoms with E-state index in [9.17, 15) is 12.8 Å². The summed E-state index contributed by atoms with van der Waals surface area (Å²) in [6, 6.07) is 3.58. The van der Waals surface area contributed by atoms with Crippen LogP contribution in [0.2, 0.25) is 5.02 Å². The molecule has 0 saturated carbocycles. The number of halogens is 2. The second kappa shape index (κ2) is 4.94. The zero-order valence-electron chi connectivity index (χ0n) is 7.91. The molecule has 1 rings (SSSR count). The number of benzene rings is 1. The van der Waals surface area contributed by atoms with Gasteiger partial charge in [0.2, 0.25) is 10.0 Å². The monoisotopic (exact) mass is 282 g/mol. The quantitative estimate of drug-likeness (QED) is 0.821. The summed E-state index contributed by atoms with van der Waals surface area (Å²) in [5.74, 6) is -1.30. The van der Waals surface area contributed by atoms with Crippen LogP contribution in [0, 0.1) is 5.82 Å². The second-order valence-corrected chi connectivity index (χ2v) is 5.63. The van der Waals surface area contributed by atoms with Gasteiger partial charge in [0.1, 0.15) is 11.6 Å². The molecule has 0 spiro atoms. The van der Waals surface area contributed by atoms with E-state index < -0.39 is 21.6 Å². The molecule has 0 fully saturated rings. The Bertz CT molecular complexity index is 519. The molecule has 1 aromatic rings. The number of hydrogen-bond acceptors (Lipinski definition) is 3. The largest absolute Gasteiger partial charge is 0.392 e. The first kappa shape index (κ1) is 13.1. The highest BCUT2D eigenvalue weighted by molar-refractivity contribution is 7.95. The smallest absolute Gasteiger partial charge is 0.239 e. The topological polar surface area (TPSA) is 72.2 Å². The second-order valence-electron chi connectivity index (χ2n) is 2.95. The molecule has 1 aromatic carbocycles. The number of anilines is 1. The van der Waals surface area contributed by atoms with Crippen LogP contribution in [0.25, 0.3) is 0 Å². The normalized spacial score (nSPS) is 11.1. The van der Waals surface area contributed by atoms with Gasteiger partial charge in [-0.05, 0) is 18.2 Å². The standard InChI is InChI=1S/C8H8ClFN2O2S2/c9-5-1-2-7(6(10)3-5)12-16(13,14)4-8(11)15/h1-3,12H,4H2,(H2,11,15). The fraction of sp³-hybridized carbons (Fsp3) is 0.125. The Hall–Kier alpha value is -0.920. The molecule has 0 aromatic heterocycles. The fourth-order valence-electron chi connectivity index (χ4n) is 0.963. The maximum absolute atomic E-state index is 13.2. The van der Waals surface area contributed by atoms with Gasteiger partial charge >= 0.3 is 0 Å². The summed E-state index contributed by atoms with van der Waals surface area (Å²) in [6.45, 7) is 0. The van der Waals surface area contributed by atoms with Gasteiger partial charge in [0, 0.05) is 5.02 Å². The van der Waals surface area contributed by atoms with E-state index in [0.717, 1.165) is 6.07 Å². The summed E-state index contributed by atoms with van der Waals surface area (Å²) in [5, 5.41) is 0.176. The minimum Gasteiger partial charge on any atom is -0.392 e. The van der Waals surface area contributed by atoms with E-state index in [0.29, 0.717) is 0 Å². The third-order valence-corrected chi connectivity index (χ3v) is 3.31. The lowest BCUT2D eigenvalue weighted by molar-refractivity contribution is 0.602. The molecule has 0 aliphatic heterocycles. The van der Waals surface area contributed by atoms with Crippen LogP contribution in [0.15, 0.2) is 18.2 Å². The van der Waals surface area contributed by atoms with Crippen molar-refractivity contribution in [1.82, 2.24) is 0 Å². The summed E-state index contributed by atoms with van der Waals surface area (Å²) in [6.07, 6.45) is 0. The summed E-state index contributed by atoms with van der Waals surface area (Å²) < 4.78 is 38.0. The number of thiocarbonyl (C=S) groups is 1. The minimum atomic E-state index is -3.77. The van der Waals surface area contributed by atoms with Crippen molar-refractivity contribution >= 4 is 44.5 Å². The highest BCUT2D eigenvalue weighted by Gasteiger charge is 2.14. The fourth-order valence-corrected chi connectivity index (χ4v) is 2.53. The van der Waals surface area contributed by atoms with Gasteiger partial charge in [-0.3, -0.25) is 4.72 Å². The van der Waals surface area contributed by atoms with Gasteiger partial charge in [0.25, 0.3) is 0 Å². The van der Waals surface area contributed by atoms with Crippen molar-refractivity contribution in [3.63, 3.8) is 0 Å². The molecule has 0 aliphatic rings. The predicted molar refractivity (Wildman–Crippen MR) is 65.6 cm³/mol. The average Bonchev–Trinajstić information content (AvgIpc) is 2.07. The molecule has 0 amide bonds. The third-order valence-electron chi connectivity index (χ3n) is 1.53. The molecule has 88 valence electrons. The van der Waals surface area contributed by atoms with E-state index in [2.05, 4.69) is 12.2 Å². The average molecular weight is 283 g/mol. The Balaban J connectivity index is 2.92. The highest BCUT2D eigenvalue weighted by atomic mass is 35.5. The van der Waals surface area contributed by atoms with E-state index in [-0.39, 0.29) is 15.7 Å². The molecular formula is C8H8ClFN2O2S2. The van der Waals surface area contributed by atoms with Crippen LogP contribution in [0.1, 0.15) is 0 Å². The number of rotatable bonds is 4. The maximum atomic E-state index is 13.2. The van der Waals surface area contributed by atoms with Gasteiger partial charge < -0.3 is 5.73 Å². The lowest BCUT2D eigenvalue weighted by Crippen LogP contribution is -2.26. The first-order chi connectivity index (χ1) is 7.30. The molecule has 16 heavy (non-hydrogen) atoms. The number of hydrogen-bond donors (Lipinski definition) is 2. The zero-order valence-corrected chi connectivity index (χ0v) is 10.3. The predicted octanol–water partition coefficient (Wildman–Crippen LogP) is 1.51. The lowest BCUT2D eigenvalue weighted by atomic mass is 10.3. The van der Waals surface area contributed by atoms with E-state index in [4.69, 9.17) is 17.3 Å². The van der Waals surface area contributed by atoms with Crippen molar-refractivity contribution in [2.75, 3.05) is 10.5 Å². The van der Waals surface area contributed by atoms with Crippen molar-refractivity contribution in [1.29, 1.82) is 0 Å². The van der Waals surface area contributed by atoms with Crippen molar-refractivity contribution in [3.8, 4) is 0 Å². The minimum absolute atomic E-state index is 0.176. The molecule has 0 radical (unpaired) electrons. The van der Waals surface area contributed by atoms with Crippen LogP contribution in [-0.4, -0.2) is 19.2 Å². The van der Waals surface area contributed by atoms with Crippen LogP contribution < -0.4 is 10.5 Å². The van der Waals surface area contributed by atoms with E-state index in [1.54, 1.807) is 0 Å². The van der Waals surface area contributed by atoms with Gasteiger partial charge in [0.05, 0.1) is 10.7 Å². The molecule has 0 aliphatic carbocycles. The zero-order chi connectivity index (χ0) is 12.3. The van der Waals surface area contributed by atoms with Crippen LogP contribution in [0.4, 0.5) is 10.1 Å². The first-order valence-corrected chi connectivity index (χ1v) is 6.48. The van der Waals surface area contributed by atoms with Gasteiger partial charge in [0.15, 0.2) is 0 Å². The Morgan fingerprint density at radius 1 is 1.56 bits per heavy atom. The number of sulfonamides is 1. The van der Waals surface area contributed by atoms with Crippen molar-refractivity contribution < 1.29 is 12.8 Å². The number of nitrogens with one attached hydrogen (secondary N) is 1. The molecule has 4 nitrogen and oxygen atoms in total. The Morgan fingerprint density at radius 3 is 2.69 bits per heavy atom. The summed E-state index contributed by atoms with van der Waals surface area (Å²) in [4.78, 5) is -0.193. The maximum Gasteiger partial charge on any atom is 0.239 e. The van der Waals surface area contributed by atoms with Gasteiger partial charge in [-0.15, -0.1) is 0 Å². The third kappa shape index (κ3) is 3.92. The highest BCUT2D eigenvalue weighted by Crippen LogP contribution is 2.19.